The van der Waals surface area contributed by atoms with Crippen LogP contribution in [0.15, 0.2) is 53.4 Å². The van der Waals surface area contributed by atoms with Gasteiger partial charge in [0.05, 0.1) is 29.7 Å². The Hall–Kier alpha value is -2.82. The molecule has 170 valence electrons. The summed E-state index contributed by atoms with van der Waals surface area (Å²) >= 11 is 0. The third-order valence-electron chi connectivity index (χ3n) is 5.65. The molecule has 4 rings (SSSR count). The predicted molar refractivity (Wildman–Crippen MR) is 115 cm³/mol. The number of carbonyl (C=O) groups excluding carboxylic acids is 2. The number of hydrogen-bond donors (Lipinski definition) is 1. The predicted octanol–water partition coefficient (Wildman–Crippen LogP) is 1.52. The Morgan fingerprint density at radius 1 is 1.09 bits per heavy atom. The SMILES string of the molecule is O=C(NCc1ccccc1S(=O)(=O)N1CCOCC1)[C@@H]1CC(=O)N(c2ccccc2F)C1. The van der Waals surface area contributed by atoms with E-state index in [1.165, 1.54) is 33.5 Å². The van der Waals surface area contributed by atoms with Gasteiger partial charge >= 0.3 is 0 Å². The number of ether oxygens (including phenoxy) is 1. The molecule has 0 aliphatic carbocycles. The maximum Gasteiger partial charge on any atom is 0.243 e. The zero-order valence-corrected chi connectivity index (χ0v) is 18.2. The van der Waals surface area contributed by atoms with Crippen molar-refractivity contribution in [1.82, 2.24) is 9.62 Å². The molecule has 2 aromatic carbocycles. The number of nitrogens with zero attached hydrogens (tertiary/aromatic N) is 2. The third-order valence-corrected chi connectivity index (χ3v) is 7.65. The van der Waals surface area contributed by atoms with Gasteiger partial charge in [-0.1, -0.05) is 30.3 Å². The number of anilines is 1. The van der Waals surface area contributed by atoms with Gasteiger partial charge in [0.1, 0.15) is 5.82 Å². The van der Waals surface area contributed by atoms with Gasteiger partial charge in [-0.05, 0) is 23.8 Å². The van der Waals surface area contributed by atoms with E-state index in [1.807, 2.05) is 0 Å². The fourth-order valence-electron chi connectivity index (χ4n) is 3.94. The molecule has 1 N–H and O–H groups in total. The van der Waals surface area contributed by atoms with Gasteiger partial charge in [-0.2, -0.15) is 4.31 Å². The minimum Gasteiger partial charge on any atom is -0.379 e. The normalized spacial score (nSPS) is 19.8. The van der Waals surface area contributed by atoms with E-state index >= 15 is 0 Å². The van der Waals surface area contributed by atoms with Crippen molar-refractivity contribution >= 4 is 27.5 Å². The van der Waals surface area contributed by atoms with Crippen molar-refractivity contribution < 1.29 is 27.1 Å². The quantitative estimate of drug-likeness (QED) is 0.704. The number of morpholine rings is 1. The zero-order valence-electron chi connectivity index (χ0n) is 17.4. The van der Waals surface area contributed by atoms with Crippen LogP contribution in [0.5, 0.6) is 0 Å². The Morgan fingerprint density at radius 2 is 1.78 bits per heavy atom. The average molecular weight is 462 g/mol. The molecule has 8 nitrogen and oxygen atoms in total. The lowest BCUT2D eigenvalue weighted by molar-refractivity contribution is -0.126. The number of carbonyl (C=O) groups is 2. The first kappa shape index (κ1) is 22.4. The lowest BCUT2D eigenvalue weighted by atomic mass is 10.1. The second-order valence-corrected chi connectivity index (χ2v) is 9.61. The topological polar surface area (TPSA) is 96.0 Å². The molecule has 2 saturated heterocycles. The van der Waals surface area contributed by atoms with Crippen LogP contribution in [0.2, 0.25) is 0 Å². The summed E-state index contributed by atoms with van der Waals surface area (Å²) in [5, 5.41) is 2.74. The molecule has 1 atom stereocenters. The number of halogens is 1. The van der Waals surface area contributed by atoms with E-state index in [9.17, 15) is 22.4 Å². The van der Waals surface area contributed by atoms with Gasteiger partial charge in [-0.3, -0.25) is 9.59 Å². The Balaban J connectivity index is 1.44. The molecular weight excluding hydrogens is 437 g/mol. The van der Waals surface area contributed by atoms with Gasteiger partial charge in [0.15, 0.2) is 0 Å². The molecule has 0 bridgehead atoms. The summed E-state index contributed by atoms with van der Waals surface area (Å²) < 4.78 is 46.8. The van der Waals surface area contributed by atoms with Crippen molar-refractivity contribution in [2.24, 2.45) is 5.92 Å². The largest absolute Gasteiger partial charge is 0.379 e. The maximum absolute atomic E-state index is 14.1. The van der Waals surface area contributed by atoms with Crippen molar-refractivity contribution in [3.8, 4) is 0 Å². The van der Waals surface area contributed by atoms with E-state index in [2.05, 4.69) is 5.32 Å². The molecule has 2 amide bonds. The van der Waals surface area contributed by atoms with Gasteiger partial charge in [-0.25, -0.2) is 12.8 Å². The molecule has 0 spiro atoms. The summed E-state index contributed by atoms with van der Waals surface area (Å²) in [7, 11) is -3.72. The molecule has 0 unspecified atom stereocenters. The average Bonchev–Trinajstić information content (AvgIpc) is 3.20. The van der Waals surface area contributed by atoms with Crippen molar-refractivity contribution in [3.05, 3.63) is 59.9 Å². The molecule has 0 aromatic heterocycles. The Kier molecular flexibility index (Phi) is 6.54. The van der Waals surface area contributed by atoms with Gasteiger partial charge in [0.25, 0.3) is 0 Å². The lowest BCUT2D eigenvalue weighted by Crippen LogP contribution is -2.41. The molecule has 0 saturated carbocycles. The first-order valence-electron chi connectivity index (χ1n) is 10.4. The number of nitrogens with one attached hydrogen (secondary N) is 1. The van der Waals surface area contributed by atoms with E-state index in [1.54, 1.807) is 24.3 Å². The van der Waals surface area contributed by atoms with Crippen LogP contribution in [0, 0.1) is 11.7 Å². The standard InChI is InChI=1S/C22H24FN3O5S/c23-18-6-2-3-7-19(18)26-15-17(13-21(26)27)22(28)24-14-16-5-1-4-8-20(16)32(29,30)25-9-11-31-12-10-25/h1-8,17H,9-15H2,(H,24,28)/t17-/m1/s1. The Bertz CT molecular complexity index is 1120. The van der Waals surface area contributed by atoms with E-state index in [4.69, 9.17) is 4.74 Å². The second kappa shape index (κ2) is 9.35. The summed E-state index contributed by atoms with van der Waals surface area (Å²) in [4.78, 5) is 26.5. The van der Waals surface area contributed by atoms with Crippen LogP contribution >= 0.6 is 0 Å². The van der Waals surface area contributed by atoms with E-state index in [0.29, 0.717) is 18.8 Å². The molecule has 2 aliphatic rings. The van der Waals surface area contributed by atoms with E-state index in [0.717, 1.165) is 0 Å². The number of hydrogen-bond acceptors (Lipinski definition) is 5. The summed E-state index contributed by atoms with van der Waals surface area (Å²) in [6.07, 6.45) is -0.0338. The first-order chi connectivity index (χ1) is 15.4. The van der Waals surface area contributed by atoms with Crippen molar-refractivity contribution in [2.75, 3.05) is 37.7 Å². The highest BCUT2D eigenvalue weighted by Crippen LogP contribution is 2.27. The van der Waals surface area contributed by atoms with Crippen LogP contribution in [0.1, 0.15) is 12.0 Å². The van der Waals surface area contributed by atoms with Crippen molar-refractivity contribution in [1.29, 1.82) is 0 Å². The highest BCUT2D eigenvalue weighted by atomic mass is 32.2. The number of benzene rings is 2. The van der Waals surface area contributed by atoms with Crippen LogP contribution in [-0.2, 0) is 30.9 Å². The monoisotopic (exact) mass is 461 g/mol. The van der Waals surface area contributed by atoms with Gasteiger partial charge in [0.2, 0.25) is 21.8 Å². The van der Waals surface area contributed by atoms with Crippen LogP contribution in [0.4, 0.5) is 10.1 Å². The zero-order chi connectivity index (χ0) is 22.7. The van der Waals surface area contributed by atoms with Crippen molar-refractivity contribution in [3.63, 3.8) is 0 Å². The molecule has 2 fully saturated rings. The van der Waals surface area contributed by atoms with Crippen LogP contribution in [0.25, 0.3) is 0 Å². The molecule has 0 radical (unpaired) electrons. The van der Waals surface area contributed by atoms with E-state index in [-0.39, 0.29) is 55.0 Å². The van der Waals surface area contributed by atoms with Crippen LogP contribution in [-0.4, -0.2) is 57.4 Å². The molecule has 2 aliphatic heterocycles. The fourth-order valence-corrected chi connectivity index (χ4v) is 5.57. The number of amides is 2. The number of rotatable bonds is 6. The molecule has 10 heteroatoms. The first-order valence-corrected chi connectivity index (χ1v) is 11.8. The minimum absolute atomic E-state index is 0.00294. The molecule has 2 aromatic rings. The van der Waals surface area contributed by atoms with Gasteiger partial charge in [-0.15, -0.1) is 0 Å². The summed E-state index contributed by atoms with van der Waals surface area (Å²) in [5.41, 5.74) is 0.609. The lowest BCUT2D eigenvalue weighted by Gasteiger charge is -2.27. The van der Waals surface area contributed by atoms with Crippen LogP contribution < -0.4 is 10.2 Å². The Morgan fingerprint density at radius 3 is 2.53 bits per heavy atom. The molecular formula is C22H24FN3O5S. The second-order valence-electron chi connectivity index (χ2n) is 7.70. The third kappa shape index (κ3) is 4.52. The number of para-hydroxylation sites is 1. The van der Waals surface area contributed by atoms with Gasteiger partial charge < -0.3 is 15.0 Å². The van der Waals surface area contributed by atoms with Crippen molar-refractivity contribution in [2.45, 2.75) is 17.9 Å². The summed E-state index contributed by atoms with van der Waals surface area (Å²) in [6, 6.07) is 12.4. The van der Waals surface area contributed by atoms with Gasteiger partial charge in [0, 0.05) is 32.6 Å². The highest BCUT2D eigenvalue weighted by Gasteiger charge is 2.36. The number of sulfonamides is 1. The Labute approximate surface area is 186 Å². The highest BCUT2D eigenvalue weighted by molar-refractivity contribution is 7.89. The van der Waals surface area contributed by atoms with Crippen LogP contribution in [0.3, 0.4) is 0 Å². The van der Waals surface area contributed by atoms with E-state index < -0.39 is 21.8 Å². The maximum atomic E-state index is 14.1. The smallest absolute Gasteiger partial charge is 0.243 e. The molecule has 2 heterocycles. The summed E-state index contributed by atoms with van der Waals surface area (Å²) in [6.45, 7) is 1.30. The minimum atomic E-state index is -3.72. The molecule has 32 heavy (non-hydrogen) atoms. The summed E-state index contributed by atoms with van der Waals surface area (Å²) in [5.74, 6) is -1.88. The fraction of sp³-hybridized carbons (Fsp3) is 0.364.